The Morgan fingerprint density at radius 3 is 2.35 bits per heavy atom. The van der Waals surface area contributed by atoms with Crippen molar-refractivity contribution < 1.29 is 14.3 Å². The summed E-state index contributed by atoms with van der Waals surface area (Å²) in [4.78, 5) is 12.9. The molecule has 20 heavy (non-hydrogen) atoms. The summed E-state index contributed by atoms with van der Waals surface area (Å²) < 4.78 is 10.4. The molecule has 0 unspecified atom stereocenters. The molecule has 3 nitrogen and oxygen atoms in total. The van der Waals surface area contributed by atoms with E-state index in [4.69, 9.17) is 9.47 Å². The molecule has 0 heterocycles. The lowest BCUT2D eigenvalue weighted by molar-refractivity contribution is -0.131. The first-order chi connectivity index (χ1) is 9.69. The van der Waals surface area contributed by atoms with Crippen LogP contribution in [0, 0.1) is 6.92 Å². The Bertz CT molecular complexity index is 579. The summed E-state index contributed by atoms with van der Waals surface area (Å²) in [7, 11) is 1.55. The van der Waals surface area contributed by atoms with Gasteiger partial charge in [0.25, 0.3) is 0 Å². The zero-order valence-corrected chi connectivity index (χ0v) is 12.3. The van der Waals surface area contributed by atoms with Gasteiger partial charge in [0.05, 0.1) is 12.9 Å². The maximum Gasteiger partial charge on any atom is 0.321 e. The average molecular weight is 288 g/mol. The molecule has 0 saturated heterocycles. The molecule has 0 aliphatic heterocycles. The number of benzene rings is 2. The lowest BCUT2D eigenvalue weighted by atomic mass is 10.2. The molecule has 104 valence electrons. The van der Waals surface area contributed by atoms with E-state index in [1.807, 2.05) is 37.3 Å². The van der Waals surface area contributed by atoms with E-state index in [1.54, 1.807) is 25.3 Å². The van der Waals surface area contributed by atoms with Crippen LogP contribution in [0.1, 0.15) is 5.56 Å². The monoisotopic (exact) mass is 288 g/mol. The van der Waals surface area contributed by atoms with Gasteiger partial charge in [0.1, 0.15) is 0 Å². The maximum atomic E-state index is 11.8. The van der Waals surface area contributed by atoms with E-state index in [0.29, 0.717) is 11.5 Å². The molecular formula is C16H16O3S. The number of thioether (sulfide) groups is 1. The van der Waals surface area contributed by atoms with Crippen LogP contribution in [0.5, 0.6) is 11.5 Å². The molecule has 0 radical (unpaired) electrons. The summed E-state index contributed by atoms with van der Waals surface area (Å²) in [6.07, 6.45) is 0. The van der Waals surface area contributed by atoms with Crippen molar-refractivity contribution in [3.05, 3.63) is 54.1 Å². The predicted molar refractivity (Wildman–Crippen MR) is 80.5 cm³/mol. The number of esters is 1. The third-order valence-electron chi connectivity index (χ3n) is 2.67. The minimum atomic E-state index is -0.292. The van der Waals surface area contributed by atoms with Crippen molar-refractivity contribution in [2.75, 3.05) is 12.9 Å². The molecule has 0 aliphatic carbocycles. The fourth-order valence-corrected chi connectivity index (χ4v) is 2.30. The lowest BCUT2D eigenvalue weighted by Crippen LogP contribution is -2.11. The molecule has 4 heteroatoms. The van der Waals surface area contributed by atoms with Crippen LogP contribution >= 0.6 is 11.8 Å². The highest BCUT2D eigenvalue weighted by atomic mass is 32.2. The molecule has 2 aromatic carbocycles. The average Bonchev–Trinajstić information content (AvgIpc) is 2.47. The van der Waals surface area contributed by atoms with E-state index >= 15 is 0 Å². The molecule has 0 atom stereocenters. The van der Waals surface area contributed by atoms with Crippen LogP contribution in [0.25, 0.3) is 0 Å². The number of hydrogen-bond donors (Lipinski definition) is 0. The van der Waals surface area contributed by atoms with Crippen LogP contribution in [0.3, 0.4) is 0 Å². The smallest absolute Gasteiger partial charge is 0.321 e. The molecule has 0 amide bonds. The zero-order chi connectivity index (χ0) is 14.4. The standard InChI is InChI=1S/C16H16O3S/c1-12-7-9-13(10-8-12)20-11-16(17)19-15-6-4-3-5-14(15)18-2/h3-10H,11H2,1-2H3. The second kappa shape index (κ2) is 7.01. The van der Waals surface area contributed by atoms with E-state index in [-0.39, 0.29) is 11.7 Å². The van der Waals surface area contributed by atoms with Crippen molar-refractivity contribution in [1.29, 1.82) is 0 Å². The van der Waals surface area contributed by atoms with Gasteiger partial charge in [0.15, 0.2) is 11.5 Å². The number of hydrogen-bond acceptors (Lipinski definition) is 4. The van der Waals surface area contributed by atoms with Crippen LogP contribution in [-0.4, -0.2) is 18.8 Å². The first kappa shape index (κ1) is 14.5. The normalized spacial score (nSPS) is 10.1. The molecule has 0 bridgehead atoms. The Morgan fingerprint density at radius 1 is 1.05 bits per heavy atom. The van der Waals surface area contributed by atoms with Crippen molar-refractivity contribution in [1.82, 2.24) is 0 Å². The number of ether oxygens (including phenoxy) is 2. The topological polar surface area (TPSA) is 35.5 Å². The third-order valence-corrected chi connectivity index (χ3v) is 3.66. The van der Waals surface area contributed by atoms with Gasteiger partial charge in [-0.1, -0.05) is 29.8 Å². The Morgan fingerprint density at radius 2 is 1.70 bits per heavy atom. The summed E-state index contributed by atoms with van der Waals surface area (Å²) in [5.74, 6) is 0.979. The van der Waals surface area contributed by atoms with E-state index in [1.165, 1.54) is 17.3 Å². The maximum absolute atomic E-state index is 11.8. The minimum Gasteiger partial charge on any atom is -0.493 e. The Balaban J connectivity index is 1.91. The fraction of sp³-hybridized carbons (Fsp3) is 0.188. The summed E-state index contributed by atoms with van der Waals surface area (Å²) >= 11 is 1.45. The molecule has 0 aliphatic rings. The van der Waals surface area contributed by atoms with Gasteiger partial charge in [-0.05, 0) is 31.2 Å². The largest absolute Gasteiger partial charge is 0.493 e. The number of rotatable bonds is 5. The van der Waals surface area contributed by atoms with Gasteiger partial charge in [-0.2, -0.15) is 0 Å². The quantitative estimate of drug-likeness (QED) is 0.477. The fourth-order valence-electron chi connectivity index (χ4n) is 1.63. The van der Waals surface area contributed by atoms with Gasteiger partial charge < -0.3 is 9.47 Å². The summed E-state index contributed by atoms with van der Waals surface area (Å²) in [6, 6.07) is 15.1. The first-order valence-electron chi connectivity index (χ1n) is 6.22. The van der Waals surface area contributed by atoms with Crippen LogP contribution in [0.4, 0.5) is 0 Å². The van der Waals surface area contributed by atoms with Crippen molar-refractivity contribution in [2.24, 2.45) is 0 Å². The van der Waals surface area contributed by atoms with Crippen molar-refractivity contribution in [3.63, 3.8) is 0 Å². The van der Waals surface area contributed by atoms with Crippen LogP contribution in [0.15, 0.2) is 53.4 Å². The SMILES string of the molecule is COc1ccccc1OC(=O)CSc1ccc(C)cc1. The van der Waals surface area contributed by atoms with Gasteiger partial charge in [-0.15, -0.1) is 11.8 Å². The number of carbonyl (C=O) groups is 1. The molecule has 0 aromatic heterocycles. The highest BCUT2D eigenvalue weighted by Gasteiger charge is 2.09. The molecule has 0 saturated carbocycles. The second-order valence-electron chi connectivity index (χ2n) is 4.23. The van der Waals surface area contributed by atoms with Crippen LogP contribution in [-0.2, 0) is 4.79 Å². The summed E-state index contributed by atoms with van der Waals surface area (Å²) in [5, 5.41) is 0. The van der Waals surface area contributed by atoms with Gasteiger partial charge >= 0.3 is 5.97 Å². The van der Waals surface area contributed by atoms with Crippen LogP contribution in [0.2, 0.25) is 0 Å². The van der Waals surface area contributed by atoms with Crippen molar-refractivity contribution in [3.8, 4) is 11.5 Å². The molecule has 0 fully saturated rings. The van der Waals surface area contributed by atoms with E-state index in [0.717, 1.165) is 4.90 Å². The number of para-hydroxylation sites is 2. The Labute approximate surface area is 122 Å². The van der Waals surface area contributed by atoms with E-state index < -0.39 is 0 Å². The highest BCUT2D eigenvalue weighted by Crippen LogP contribution is 2.26. The van der Waals surface area contributed by atoms with Crippen molar-refractivity contribution in [2.45, 2.75) is 11.8 Å². The van der Waals surface area contributed by atoms with E-state index in [9.17, 15) is 4.79 Å². The Kier molecular flexibility index (Phi) is 5.07. The van der Waals surface area contributed by atoms with Crippen molar-refractivity contribution >= 4 is 17.7 Å². The summed E-state index contributed by atoms with van der Waals surface area (Å²) in [5.41, 5.74) is 1.20. The van der Waals surface area contributed by atoms with Crippen LogP contribution < -0.4 is 9.47 Å². The molecule has 2 aromatic rings. The van der Waals surface area contributed by atoms with Gasteiger partial charge in [-0.25, -0.2) is 0 Å². The first-order valence-corrected chi connectivity index (χ1v) is 7.21. The van der Waals surface area contributed by atoms with Gasteiger partial charge in [0.2, 0.25) is 0 Å². The number of carbonyl (C=O) groups excluding carboxylic acids is 1. The van der Waals surface area contributed by atoms with E-state index in [2.05, 4.69) is 0 Å². The predicted octanol–water partition coefficient (Wildman–Crippen LogP) is 3.70. The summed E-state index contributed by atoms with van der Waals surface area (Å²) in [6.45, 7) is 2.03. The molecular weight excluding hydrogens is 272 g/mol. The Hall–Kier alpha value is -1.94. The minimum absolute atomic E-state index is 0.265. The molecule has 0 N–H and O–H groups in total. The molecule has 0 spiro atoms. The molecule has 2 rings (SSSR count). The highest BCUT2D eigenvalue weighted by molar-refractivity contribution is 8.00. The second-order valence-corrected chi connectivity index (χ2v) is 5.28. The van der Waals surface area contributed by atoms with Gasteiger partial charge in [0, 0.05) is 4.90 Å². The third kappa shape index (κ3) is 4.03. The number of aryl methyl sites for hydroxylation is 1. The number of methoxy groups -OCH3 is 1. The van der Waals surface area contributed by atoms with Gasteiger partial charge in [-0.3, -0.25) is 4.79 Å². The lowest BCUT2D eigenvalue weighted by Gasteiger charge is -2.08. The zero-order valence-electron chi connectivity index (χ0n) is 11.5.